The van der Waals surface area contributed by atoms with Crippen molar-refractivity contribution in [3.63, 3.8) is 0 Å². The topological polar surface area (TPSA) is 21.3 Å². The summed E-state index contributed by atoms with van der Waals surface area (Å²) in [5.74, 6) is 0.890. The molecule has 0 aliphatic heterocycles. The van der Waals surface area contributed by atoms with Gasteiger partial charge in [-0.05, 0) is 37.2 Å². The molecule has 0 saturated heterocycles. The standard InChI is InChI=1S/C16H26ClNO/c1-3-5-6-7-8-15(18-4-2)13-19-16-11-9-14(17)10-12-16/h9-12,15,18H,3-8,13H2,1-2H3. The fraction of sp³-hybridized carbons (Fsp3) is 0.625. The number of likely N-dealkylation sites (N-methyl/N-ethyl adjacent to an activating group) is 1. The lowest BCUT2D eigenvalue weighted by Crippen LogP contribution is -2.34. The maximum Gasteiger partial charge on any atom is 0.119 e. The molecule has 0 fully saturated rings. The van der Waals surface area contributed by atoms with Crippen molar-refractivity contribution >= 4 is 11.6 Å². The van der Waals surface area contributed by atoms with Crippen LogP contribution < -0.4 is 10.1 Å². The highest BCUT2D eigenvalue weighted by molar-refractivity contribution is 6.30. The van der Waals surface area contributed by atoms with Gasteiger partial charge in [-0.2, -0.15) is 0 Å². The summed E-state index contributed by atoms with van der Waals surface area (Å²) >= 11 is 5.85. The Morgan fingerprint density at radius 1 is 1.11 bits per heavy atom. The zero-order valence-corrected chi connectivity index (χ0v) is 12.9. The van der Waals surface area contributed by atoms with E-state index in [1.165, 1.54) is 32.1 Å². The van der Waals surface area contributed by atoms with Gasteiger partial charge >= 0.3 is 0 Å². The number of halogens is 1. The summed E-state index contributed by atoms with van der Waals surface area (Å²) in [6.45, 7) is 6.09. The van der Waals surface area contributed by atoms with Crippen LogP contribution in [0.15, 0.2) is 24.3 Å². The first-order valence-corrected chi connectivity index (χ1v) is 7.75. The van der Waals surface area contributed by atoms with E-state index in [0.29, 0.717) is 6.04 Å². The van der Waals surface area contributed by atoms with Crippen molar-refractivity contribution in [1.29, 1.82) is 0 Å². The lowest BCUT2D eigenvalue weighted by molar-refractivity contribution is 0.255. The van der Waals surface area contributed by atoms with Gasteiger partial charge in [0.15, 0.2) is 0 Å². The third kappa shape index (κ3) is 7.44. The molecule has 0 radical (unpaired) electrons. The van der Waals surface area contributed by atoms with E-state index < -0.39 is 0 Å². The molecule has 0 spiro atoms. The lowest BCUT2D eigenvalue weighted by atomic mass is 10.1. The Morgan fingerprint density at radius 2 is 1.84 bits per heavy atom. The molecule has 1 aromatic carbocycles. The van der Waals surface area contributed by atoms with Crippen molar-refractivity contribution in [2.24, 2.45) is 0 Å². The Kier molecular flexibility index (Phi) is 8.68. The average Bonchev–Trinajstić information content (AvgIpc) is 2.42. The lowest BCUT2D eigenvalue weighted by Gasteiger charge is -2.18. The van der Waals surface area contributed by atoms with Crippen LogP contribution in [0.3, 0.4) is 0 Å². The number of unbranched alkanes of at least 4 members (excludes halogenated alkanes) is 3. The minimum atomic E-state index is 0.442. The highest BCUT2D eigenvalue weighted by atomic mass is 35.5. The summed E-state index contributed by atoms with van der Waals surface area (Å²) in [7, 11) is 0. The molecular weight excluding hydrogens is 258 g/mol. The summed E-state index contributed by atoms with van der Waals surface area (Å²) in [4.78, 5) is 0. The number of rotatable bonds is 10. The zero-order valence-electron chi connectivity index (χ0n) is 12.1. The van der Waals surface area contributed by atoms with Crippen LogP contribution in [0.2, 0.25) is 5.02 Å². The predicted octanol–water partition coefficient (Wildman–Crippen LogP) is 4.67. The smallest absolute Gasteiger partial charge is 0.119 e. The van der Waals surface area contributed by atoms with Crippen molar-refractivity contribution in [3.05, 3.63) is 29.3 Å². The van der Waals surface area contributed by atoms with Gasteiger partial charge in [-0.15, -0.1) is 0 Å². The Hall–Kier alpha value is -0.730. The van der Waals surface area contributed by atoms with E-state index in [9.17, 15) is 0 Å². The van der Waals surface area contributed by atoms with Crippen LogP contribution in [0.1, 0.15) is 46.0 Å². The third-order valence-corrected chi connectivity index (χ3v) is 3.42. The largest absolute Gasteiger partial charge is 0.492 e. The van der Waals surface area contributed by atoms with Gasteiger partial charge in [-0.1, -0.05) is 51.1 Å². The van der Waals surface area contributed by atoms with Crippen molar-refractivity contribution in [2.75, 3.05) is 13.2 Å². The molecule has 1 atom stereocenters. The number of nitrogens with one attached hydrogen (secondary N) is 1. The van der Waals surface area contributed by atoms with E-state index in [0.717, 1.165) is 23.9 Å². The van der Waals surface area contributed by atoms with Gasteiger partial charge in [0.1, 0.15) is 12.4 Å². The predicted molar refractivity (Wildman–Crippen MR) is 83.2 cm³/mol. The highest BCUT2D eigenvalue weighted by Gasteiger charge is 2.08. The Bertz CT molecular complexity index is 326. The van der Waals surface area contributed by atoms with Crippen LogP contribution in [0.4, 0.5) is 0 Å². The molecule has 1 unspecified atom stereocenters. The van der Waals surface area contributed by atoms with Crippen LogP contribution in [-0.2, 0) is 0 Å². The minimum Gasteiger partial charge on any atom is -0.492 e. The summed E-state index contributed by atoms with van der Waals surface area (Å²) in [5, 5.41) is 4.24. The summed E-state index contributed by atoms with van der Waals surface area (Å²) < 4.78 is 5.81. The molecule has 0 bridgehead atoms. The number of ether oxygens (including phenoxy) is 1. The van der Waals surface area contributed by atoms with Crippen molar-refractivity contribution in [3.8, 4) is 5.75 Å². The van der Waals surface area contributed by atoms with Gasteiger partial charge in [-0.25, -0.2) is 0 Å². The molecular formula is C16H26ClNO. The number of hydrogen-bond acceptors (Lipinski definition) is 2. The van der Waals surface area contributed by atoms with E-state index >= 15 is 0 Å². The van der Waals surface area contributed by atoms with E-state index in [4.69, 9.17) is 16.3 Å². The molecule has 0 aliphatic carbocycles. The van der Waals surface area contributed by atoms with E-state index in [2.05, 4.69) is 19.2 Å². The minimum absolute atomic E-state index is 0.442. The van der Waals surface area contributed by atoms with Crippen LogP contribution in [0, 0.1) is 0 Å². The van der Waals surface area contributed by atoms with Gasteiger partial charge in [0.05, 0.1) is 0 Å². The van der Waals surface area contributed by atoms with Crippen molar-refractivity contribution in [2.45, 2.75) is 52.0 Å². The molecule has 19 heavy (non-hydrogen) atoms. The second kappa shape index (κ2) is 10.1. The van der Waals surface area contributed by atoms with E-state index in [1.54, 1.807) is 0 Å². The van der Waals surface area contributed by atoms with Crippen LogP contribution >= 0.6 is 11.6 Å². The Balaban J connectivity index is 2.29. The van der Waals surface area contributed by atoms with Gasteiger partial charge < -0.3 is 10.1 Å². The van der Waals surface area contributed by atoms with Crippen molar-refractivity contribution in [1.82, 2.24) is 5.32 Å². The molecule has 2 nitrogen and oxygen atoms in total. The quantitative estimate of drug-likeness (QED) is 0.630. The monoisotopic (exact) mass is 283 g/mol. The zero-order chi connectivity index (χ0) is 13.9. The fourth-order valence-electron chi connectivity index (χ4n) is 2.08. The molecule has 0 aromatic heterocycles. The Morgan fingerprint density at radius 3 is 2.47 bits per heavy atom. The molecule has 108 valence electrons. The maximum absolute atomic E-state index is 5.85. The van der Waals surface area contributed by atoms with Gasteiger partial charge in [-0.3, -0.25) is 0 Å². The van der Waals surface area contributed by atoms with Crippen LogP contribution in [0.25, 0.3) is 0 Å². The van der Waals surface area contributed by atoms with E-state index in [-0.39, 0.29) is 0 Å². The first-order valence-electron chi connectivity index (χ1n) is 7.38. The van der Waals surface area contributed by atoms with Crippen LogP contribution in [-0.4, -0.2) is 19.2 Å². The molecule has 3 heteroatoms. The molecule has 0 saturated carbocycles. The normalized spacial score (nSPS) is 12.4. The summed E-state index contributed by atoms with van der Waals surface area (Å²) in [6, 6.07) is 8.00. The van der Waals surface area contributed by atoms with Gasteiger partial charge in [0, 0.05) is 11.1 Å². The molecule has 0 amide bonds. The van der Waals surface area contributed by atoms with Crippen molar-refractivity contribution < 1.29 is 4.74 Å². The number of hydrogen-bond donors (Lipinski definition) is 1. The fourth-order valence-corrected chi connectivity index (χ4v) is 2.20. The molecule has 1 aromatic rings. The number of benzene rings is 1. The molecule has 0 heterocycles. The molecule has 1 N–H and O–H groups in total. The first-order chi connectivity index (χ1) is 9.26. The molecule has 1 rings (SSSR count). The van der Waals surface area contributed by atoms with Gasteiger partial charge in [0.2, 0.25) is 0 Å². The molecule has 0 aliphatic rings. The van der Waals surface area contributed by atoms with E-state index in [1.807, 2.05) is 24.3 Å². The second-order valence-electron chi connectivity index (χ2n) is 4.87. The maximum atomic E-state index is 5.85. The average molecular weight is 284 g/mol. The first kappa shape index (κ1) is 16.3. The summed E-state index contributed by atoms with van der Waals surface area (Å²) in [5.41, 5.74) is 0. The SMILES string of the molecule is CCCCCCC(COc1ccc(Cl)cc1)NCC. The van der Waals surface area contributed by atoms with Crippen LogP contribution in [0.5, 0.6) is 5.75 Å². The Labute approximate surface area is 122 Å². The summed E-state index contributed by atoms with van der Waals surface area (Å²) in [6.07, 6.45) is 6.39. The third-order valence-electron chi connectivity index (χ3n) is 3.16. The highest BCUT2D eigenvalue weighted by Crippen LogP contribution is 2.16. The second-order valence-corrected chi connectivity index (χ2v) is 5.31. The van der Waals surface area contributed by atoms with Gasteiger partial charge in [0.25, 0.3) is 0 Å².